The van der Waals surface area contributed by atoms with E-state index in [1.165, 1.54) is 78.2 Å². The molecule has 0 bridgehead atoms. The molecule has 26 heavy (non-hydrogen) atoms. The summed E-state index contributed by atoms with van der Waals surface area (Å²) in [6.45, 7) is 18.6. The van der Waals surface area contributed by atoms with E-state index in [-0.39, 0.29) is 0 Å². The smallest absolute Gasteiger partial charge is 0.0107 e. The lowest BCUT2D eigenvalue weighted by Crippen LogP contribution is -2.36. The lowest BCUT2D eigenvalue weighted by molar-refractivity contribution is 1.01. The maximum atomic E-state index is 2.35. The standard InChI is InChI=1S/C26H30/c1-13-9-10-14(2)22-18(6)26-20(8)24-16(4)12-11-15(3)23(24)19(7)25(26)17(5)21(13)22/h9-10H,11-12H2,1-8H3. The van der Waals surface area contributed by atoms with Crippen LogP contribution in [0.4, 0.5) is 0 Å². The Labute approximate surface area is 157 Å². The summed E-state index contributed by atoms with van der Waals surface area (Å²) in [5.74, 6) is 0. The van der Waals surface area contributed by atoms with E-state index >= 15 is 0 Å². The van der Waals surface area contributed by atoms with Crippen molar-refractivity contribution in [3.8, 4) is 0 Å². The van der Waals surface area contributed by atoms with Crippen molar-refractivity contribution in [1.82, 2.24) is 0 Å². The van der Waals surface area contributed by atoms with Gasteiger partial charge in [0.2, 0.25) is 0 Å². The Morgan fingerprint density at radius 1 is 0.462 bits per heavy atom. The Hall–Kier alpha value is -2.08. The third-order valence-electron chi connectivity index (χ3n) is 6.85. The van der Waals surface area contributed by atoms with Crippen LogP contribution in [0.25, 0.3) is 32.7 Å². The molecular formula is C26H30. The SMILES string of the molecule is CC1=c2c(C)c3c(C)c4c(C)ccc(C)c4c(C)c3c(C)c2=C(C)CC1. The van der Waals surface area contributed by atoms with Crippen molar-refractivity contribution in [3.05, 3.63) is 56.0 Å². The third kappa shape index (κ3) is 2.08. The van der Waals surface area contributed by atoms with Crippen LogP contribution in [0, 0.1) is 41.5 Å². The van der Waals surface area contributed by atoms with Gasteiger partial charge in [0.15, 0.2) is 0 Å². The number of benzene rings is 3. The van der Waals surface area contributed by atoms with Crippen LogP contribution in [0.1, 0.15) is 60.1 Å². The van der Waals surface area contributed by atoms with Crippen molar-refractivity contribution in [2.24, 2.45) is 0 Å². The average molecular weight is 343 g/mol. The Morgan fingerprint density at radius 3 is 1.15 bits per heavy atom. The quantitative estimate of drug-likeness (QED) is 0.441. The third-order valence-corrected chi connectivity index (χ3v) is 6.85. The van der Waals surface area contributed by atoms with E-state index in [4.69, 9.17) is 0 Å². The number of rotatable bonds is 0. The first-order valence-electron chi connectivity index (χ1n) is 9.87. The minimum atomic E-state index is 1.20. The summed E-state index contributed by atoms with van der Waals surface area (Å²) >= 11 is 0. The predicted molar refractivity (Wildman–Crippen MR) is 117 cm³/mol. The highest BCUT2D eigenvalue weighted by molar-refractivity contribution is 6.10. The molecule has 0 radical (unpaired) electrons. The molecule has 3 aromatic rings. The summed E-state index contributed by atoms with van der Waals surface area (Å²) in [5, 5.41) is 8.98. The summed E-state index contributed by atoms with van der Waals surface area (Å²) in [6.07, 6.45) is 2.41. The molecule has 0 heteroatoms. The summed E-state index contributed by atoms with van der Waals surface area (Å²) in [7, 11) is 0. The minimum absolute atomic E-state index is 1.20. The Morgan fingerprint density at radius 2 is 0.808 bits per heavy atom. The molecule has 1 aliphatic carbocycles. The molecule has 0 aromatic heterocycles. The zero-order valence-electron chi connectivity index (χ0n) is 17.6. The van der Waals surface area contributed by atoms with Gasteiger partial charge in [-0.3, -0.25) is 0 Å². The van der Waals surface area contributed by atoms with Crippen LogP contribution in [0.5, 0.6) is 0 Å². The summed E-state index contributed by atoms with van der Waals surface area (Å²) < 4.78 is 0. The normalized spacial score (nSPS) is 14.5. The molecule has 0 saturated carbocycles. The van der Waals surface area contributed by atoms with Gasteiger partial charge >= 0.3 is 0 Å². The lowest BCUT2D eigenvalue weighted by Gasteiger charge is -2.23. The van der Waals surface area contributed by atoms with Crippen molar-refractivity contribution in [1.29, 1.82) is 0 Å². The van der Waals surface area contributed by atoms with Gasteiger partial charge in [0.25, 0.3) is 0 Å². The highest BCUT2D eigenvalue weighted by atomic mass is 14.2. The first-order valence-corrected chi connectivity index (χ1v) is 9.87. The van der Waals surface area contributed by atoms with E-state index in [1.54, 1.807) is 11.1 Å². The van der Waals surface area contributed by atoms with Crippen LogP contribution in [0.3, 0.4) is 0 Å². The zero-order valence-corrected chi connectivity index (χ0v) is 17.6. The molecule has 0 N–H and O–H groups in total. The maximum Gasteiger partial charge on any atom is -0.0107 e. The van der Waals surface area contributed by atoms with Crippen LogP contribution in [0.15, 0.2) is 12.1 Å². The molecule has 3 aromatic carbocycles. The second-order valence-corrected chi connectivity index (χ2v) is 8.51. The van der Waals surface area contributed by atoms with Crippen molar-refractivity contribution < 1.29 is 0 Å². The van der Waals surface area contributed by atoms with Crippen LogP contribution in [-0.4, -0.2) is 0 Å². The second kappa shape index (κ2) is 5.71. The van der Waals surface area contributed by atoms with Gasteiger partial charge in [-0.1, -0.05) is 23.3 Å². The molecule has 4 rings (SSSR count). The largest absolute Gasteiger partial charge is 0.0649 e. The monoisotopic (exact) mass is 342 g/mol. The summed E-state index contributed by atoms with van der Waals surface area (Å²) in [6, 6.07) is 4.57. The second-order valence-electron chi connectivity index (χ2n) is 8.51. The summed E-state index contributed by atoms with van der Waals surface area (Å²) in [5.41, 5.74) is 11.8. The van der Waals surface area contributed by atoms with Crippen LogP contribution >= 0.6 is 0 Å². The first-order chi connectivity index (χ1) is 12.3. The lowest BCUT2D eigenvalue weighted by atomic mass is 9.81. The fourth-order valence-corrected chi connectivity index (χ4v) is 5.66. The number of hydrogen-bond donors (Lipinski definition) is 0. The number of fused-ring (bicyclic) bond motifs is 3. The van der Waals surface area contributed by atoms with Crippen molar-refractivity contribution in [2.45, 2.75) is 68.2 Å². The Balaban J connectivity index is 2.49. The van der Waals surface area contributed by atoms with E-state index in [1.807, 2.05) is 0 Å². The molecule has 1 aliphatic rings. The van der Waals surface area contributed by atoms with Crippen LogP contribution in [-0.2, 0) is 0 Å². The van der Waals surface area contributed by atoms with Crippen molar-refractivity contribution >= 4 is 32.7 Å². The minimum Gasteiger partial charge on any atom is -0.0649 e. The van der Waals surface area contributed by atoms with Gasteiger partial charge in [-0.05, 0) is 134 Å². The van der Waals surface area contributed by atoms with Gasteiger partial charge in [-0.15, -0.1) is 0 Å². The highest BCUT2D eigenvalue weighted by Crippen LogP contribution is 2.37. The highest BCUT2D eigenvalue weighted by Gasteiger charge is 2.19. The topological polar surface area (TPSA) is 0 Å². The van der Waals surface area contributed by atoms with Crippen LogP contribution < -0.4 is 10.4 Å². The van der Waals surface area contributed by atoms with Crippen LogP contribution in [0.2, 0.25) is 0 Å². The Kier molecular flexibility index (Phi) is 3.81. The maximum absolute atomic E-state index is 2.35. The predicted octanol–water partition coefficient (Wildman–Crippen LogP) is 5.98. The van der Waals surface area contributed by atoms with Gasteiger partial charge in [0, 0.05) is 0 Å². The van der Waals surface area contributed by atoms with Gasteiger partial charge < -0.3 is 0 Å². The first kappa shape index (κ1) is 17.3. The molecule has 0 amide bonds. The van der Waals surface area contributed by atoms with Crippen molar-refractivity contribution in [2.75, 3.05) is 0 Å². The van der Waals surface area contributed by atoms with E-state index in [0.29, 0.717) is 0 Å². The molecular weight excluding hydrogens is 312 g/mol. The van der Waals surface area contributed by atoms with Gasteiger partial charge in [-0.25, -0.2) is 0 Å². The fourth-order valence-electron chi connectivity index (χ4n) is 5.66. The number of aryl methyl sites for hydroxylation is 6. The molecule has 0 saturated heterocycles. The zero-order chi connectivity index (χ0) is 18.9. The number of hydrogen-bond acceptors (Lipinski definition) is 0. The molecule has 0 nitrogen and oxygen atoms in total. The van der Waals surface area contributed by atoms with Gasteiger partial charge in [0.1, 0.15) is 0 Å². The van der Waals surface area contributed by atoms with E-state index in [0.717, 1.165) is 0 Å². The molecule has 0 spiro atoms. The molecule has 0 heterocycles. The molecule has 0 fully saturated rings. The van der Waals surface area contributed by atoms with E-state index < -0.39 is 0 Å². The molecule has 0 atom stereocenters. The fraction of sp³-hybridized carbons (Fsp3) is 0.385. The van der Waals surface area contributed by atoms with Crippen molar-refractivity contribution in [3.63, 3.8) is 0 Å². The molecule has 134 valence electrons. The Bertz CT molecular complexity index is 1140. The summed E-state index contributed by atoms with van der Waals surface area (Å²) in [4.78, 5) is 0. The van der Waals surface area contributed by atoms with E-state index in [2.05, 4.69) is 67.5 Å². The van der Waals surface area contributed by atoms with E-state index in [9.17, 15) is 0 Å². The van der Waals surface area contributed by atoms with Gasteiger partial charge in [0.05, 0.1) is 0 Å². The molecule has 0 unspecified atom stereocenters. The molecule has 0 aliphatic heterocycles. The van der Waals surface area contributed by atoms with Gasteiger partial charge in [-0.2, -0.15) is 0 Å². The average Bonchev–Trinajstić information content (AvgIpc) is 2.59.